The molecule has 1 amide bonds. The summed E-state index contributed by atoms with van der Waals surface area (Å²) in [7, 11) is 0. The van der Waals surface area contributed by atoms with Crippen molar-refractivity contribution in [3.05, 3.63) is 59.0 Å². The van der Waals surface area contributed by atoms with Gasteiger partial charge < -0.3 is 14.4 Å². The zero-order valence-corrected chi connectivity index (χ0v) is 15.9. The van der Waals surface area contributed by atoms with Gasteiger partial charge in [0.25, 0.3) is 5.91 Å². The quantitative estimate of drug-likeness (QED) is 0.865. The van der Waals surface area contributed by atoms with Crippen molar-refractivity contribution in [2.75, 3.05) is 39.3 Å². The summed E-state index contributed by atoms with van der Waals surface area (Å²) in [5.74, 6) is -0.0492. The summed E-state index contributed by atoms with van der Waals surface area (Å²) < 4.78 is 5.13. The van der Waals surface area contributed by atoms with Gasteiger partial charge in [0.05, 0.1) is 24.7 Å². The number of amides is 1. The summed E-state index contributed by atoms with van der Waals surface area (Å²) in [5.41, 5.74) is 1.79. The van der Waals surface area contributed by atoms with Gasteiger partial charge in [0.1, 0.15) is 0 Å². The zero-order valence-electron chi connectivity index (χ0n) is 15.1. The van der Waals surface area contributed by atoms with Gasteiger partial charge in [-0.2, -0.15) is 0 Å². The van der Waals surface area contributed by atoms with Crippen LogP contribution in [0.1, 0.15) is 15.9 Å². The van der Waals surface area contributed by atoms with Gasteiger partial charge in [-0.25, -0.2) is 0 Å². The number of hydrogen-bond donors (Lipinski definition) is 1. The number of benzene rings is 1. The predicted molar refractivity (Wildman–Crippen MR) is 103 cm³/mol. The number of carbonyl (C=O) groups is 1. The molecule has 7 heteroatoms. The van der Waals surface area contributed by atoms with Crippen LogP contribution in [-0.4, -0.2) is 77.1 Å². The van der Waals surface area contributed by atoms with Crippen LogP contribution in [0.15, 0.2) is 47.3 Å². The summed E-state index contributed by atoms with van der Waals surface area (Å²) in [6.07, 6.45) is 2.97. The summed E-state index contributed by atoms with van der Waals surface area (Å²) in [4.78, 5) is 19.1. The average molecular weight is 390 g/mol. The number of aliphatic hydroxyl groups excluding tert-OH is 1. The van der Waals surface area contributed by atoms with Crippen molar-refractivity contribution in [3.8, 4) is 0 Å². The standard InChI is InChI=1S/C20H24ClN3O3/c21-17-3-1-16(2-4-17)20(26)24-12-18(19(25)13-24)23-8-6-22(7-9-23)11-15-5-10-27-14-15/h1-5,10,14,18-19,25H,6-9,11-13H2/t18-,19-/m0/s1. The second-order valence-corrected chi connectivity index (χ2v) is 7.73. The van der Waals surface area contributed by atoms with Crippen LogP contribution in [-0.2, 0) is 6.54 Å². The average Bonchev–Trinajstić information content (AvgIpc) is 3.32. The Labute approximate surface area is 163 Å². The fourth-order valence-electron chi connectivity index (χ4n) is 3.96. The number of β-amino-alcohol motifs (C(OH)–C–C–N with tert-alkyl or cyclic N) is 1. The number of piperazine rings is 1. The molecule has 2 aliphatic heterocycles. The number of nitrogens with zero attached hydrogens (tertiary/aromatic N) is 3. The van der Waals surface area contributed by atoms with Crippen molar-refractivity contribution in [2.24, 2.45) is 0 Å². The van der Waals surface area contributed by atoms with E-state index in [9.17, 15) is 9.90 Å². The molecule has 1 N–H and O–H groups in total. The van der Waals surface area contributed by atoms with Gasteiger partial charge in [0.2, 0.25) is 0 Å². The van der Waals surface area contributed by atoms with Crippen LogP contribution >= 0.6 is 11.6 Å². The number of hydrogen-bond acceptors (Lipinski definition) is 5. The lowest BCUT2D eigenvalue weighted by Gasteiger charge is -2.38. The number of aliphatic hydroxyl groups is 1. The smallest absolute Gasteiger partial charge is 0.253 e. The van der Waals surface area contributed by atoms with E-state index in [2.05, 4.69) is 9.80 Å². The number of carbonyl (C=O) groups excluding carboxylic acids is 1. The largest absolute Gasteiger partial charge is 0.472 e. The van der Waals surface area contributed by atoms with Gasteiger partial charge in [-0.3, -0.25) is 14.6 Å². The third kappa shape index (κ3) is 4.19. The number of furan rings is 1. The van der Waals surface area contributed by atoms with E-state index in [4.69, 9.17) is 16.0 Å². The highest BCUT2D eigenvalue weighted by molar-refractivity contribution is 6.30. The third-order valence-electron chi connectivity index (χ3n) is 5.50. The van der Waals surface area contributed by atoms with E-state index in [0.717, 1.165) is 32.7 Å². The van der Waals surface area contributed by atoms with Gasteiger partial charge in [-0.1, -0.05) is 11.6 Å². The third-order valence-corrected chi connectivity index (χ3v) is 5.75. The van der Waals surface area contributed by atoms with Crippen LogP contribution in [0.4, 0.5) is 0 Å². The minimum atomic E-state index is -0.512. The van der Waals surface area contributed by atoms with Crippen molar-refractivity contribution >= 4 is 17.5 Å². The van der Waals surface area contributed by atoms with E-state index in [1.165, 1.54) is 5.56 Å². The van der Waals surface area contributed by atoms with Crippen molar-refractivity contribution in [3.63, 3.8) is 0 Å². The van der Waals surface area contributed by atoms with Gasteiger partial charge >= 0.3 is 0 Å². The van der Waals surface area contributed by atoms with Gasteiger partial charge in [0.15, 0.2) is 0 Å². The Bertz CT molecular complexity index is 757. The van der Waals surface area contributed by atoms with Gasteiger partial charge in [-0.05, 0) is 30.3 Å². The maximum Gasteiger partial charge on any atom is 0.253 e. The molecule has 0 unspecified atom stereocenters. The SMILES string of the molecule is O=C(c1ccc(Cl)cc1)N1C[C@H](O)[C@@H](N2CCN(Cc3ccoc3)CC2)C1. The molecular weight excluding hydrogens is 366 g/mol. The van der Waals surface area contributed by atoms with E-state index in [1.807, 2.05) is 6.07 Å². The molecule has 0 saturated carbocycles. The molecule has 1 aromatic heterocycles. The second-order valence-electron chi connectivity index (χ2n) is 7.30. The highest BCUT2D eigenvalue weighted by Crippen LogP contribution is 2.21. The van der Waals surface area contributed by atoms with Crippen molar-refractivity contribution in [2.45, 2.75) is 18.7 Å². The fourth-order valence-corrected chi connectivity index (χ4v) is 4.09. The molecule has 3 heterocycles. The lowest BCUT2D eigenvalue weighted by Crippen LogP contribution is -2.53. The second kappa shape index (κ2) is 8.02. The van der Waals surface area contributed by atoms with Crippen molar-refractivity contribution in [1.29, 1.82) is 0 Å². The number of likely N-dealkylation sites (tertiary alicyclic amines) is 1. The monoisotopic (exact) mass is 389 g/mol. The van der Waals surface area contributed by atoms with E-state index < -0.39 is 6.10 Å². The van der Waals surface area contributed by atoms with E-state index in [-0.39, 0.29) is 11.9 Å². The molecule has 2 aliphatic rings. The molecule has 0 aliphatic carbocycles. The molecule has 0 spiro atoms. The van der Waals surface area contributed by atoms with Crippen LogP contribution in [0.25, 0.3) is 0 Å². The van der Waals surface area contributed by atoms with Crippen molar-refractivity contribution < 1.29 is 14.3 Å². The topological polar surface area (TPSA) is 60.2 Å². The van der Waals surface area contributed by atoms with Crippen LogP contribution in [0.5, 0.6) is 0 Å². The molecule has 0 radical (unpaired) electrons. The Hall–Kier alpha value is -1.86. The first-order valence-electron chi connectivity index (χ1n) is 9.30. The van der Waals surface area contributed by atoms with Crippen LogP contribution in [0, 0.1) is 0 Å². The molecule has 144 valence electrons. The number of halogens is 1. The van der Waals surface area contributed by atoms with Gasteiger partial charge in [-0.15, -0.1) is 0 Å². The Balaban J connectivity index is 1.32. The Kier molecular flexibility index (Phi) is 5.50. The molecule has 2 atom stereocenters. The Morgan fingerprint density at radius 1 is 1.11 bits per heavy atom. The minimum Gasteiger partial charge on any atom is -0.472 e. The van der Waals surface area contributed by atoms with Crippen LogP contribution < -0.4 is 0 Å². The Morgan fingerprint density at radius 2 is 1.85 bits per heavy atom. The summed E-state index contributed by atoms with van der Waals surface area (Å²) in [6.45, 7) is 5.49. The van der Waals surface area contributed by atoms with E-state index >= 15 is 0 Å². The first-order chi connectivity index (χ1) is 13.1. The summed E-state index contributed by atoms with van der Waals surface area (Å²) >= 11 is 5.90. The van der Waals surface area contributed by atoms with E-state index in [0.29, 0.717) is 23.7 Å². The lowest BCUT2D eigenvalue weighted by atomic mass is 10.1. The highest BCUT2D eigenvalue weighted by atomic mass is 35.5. The summed E-state index contributed by atoms with van der Waals surface area (Å²) in [5, 5.41) is 11.2. The molecule has 1 aromatic carbocycles. The lowest BCUT2D eigenvalue weighted by molar-refractivity contribution is 0.0423. The normalized spacial score (nSPS) is 24.4. The minimum absolute atomic E-state index is 0.00248. The molecule has 6 nitrogen and oxygen atoms in total. The Morgan fingerprint density at radius 3 is 2.52 bits per heavy atom. The van der Waals surface area contributed by atoms with Crippen LogP contribution in [0.3, 0.4) is 0 Å². The molecule has 4 rings (SSSR count). The molecule has 2 saturated heterocycles. The molecule has 0 bridgehead atoms. The molecule has 2 fully saturated rings. The van der Waals surface area contributed by atoms with E-state index in [1.54, 1.807) is 41.7 Å². The molecule has 27 heavy (non-hydrogen) atoms. The number of rotatable bonds is 4. The van der Waals surface area contributed by atoms with Gasteiger partial charge in [0, 0.05) is 62.0 Å². The predicted octanol–water partition coefficient (Wildman–Crippen LogP) is 1.94. The molecule has 2 aromatic rings. The first-order valence-corrected chi connectivity index (χ1v) is 9.68. The highest BCUT2D eigenvalue weighted by Gasteiger charge is 2.38. The fraction of sp³-hybridized carbons (Fsp3) is 0.450. The molecular formula is C20H24ClN3O3. The van der Waals surface area contributed by atoms with Crippen LogP contribution in [0.2, 0.25) is 5.02 Å². The van der Waals surface area contributed by atoms with Crippen molar-refractivity contribution in [1.82, 2.24) is 14.7 Å². The zero-order chi connectivity index (χ0) is 18.8. The first kappa shape index (κ1) is 18.5. The summed E-state index contributed by atoms with van der Waals surface area (Å²) in [6, 6.07) is 8.90. The maximum atomic E-state index is 12.7. The maximum absolute atomic E-state index is 12.7.